The van der Waals surface area contributed by atoms with Crippen molar-refractivity contribution in [2.75, 3.05) is 32.7 Å². The molecule has 0 saturated carbocycles. The monoisotopic (exact) mass is 345 g/mol. The number of nitrogens with one attached hydrogen (secondary N) is 1. The topological polar surface area (TPSA) is 75.4 Å². The first kappa shape index (κ1) is 17.7. The first-order valence-corrected chi connectivity index (χ1v) is 9.47. The maximum Gasteiger partial charge on any atom is 0.240 e. The van der Waals surface area contributed by atoms with E-state index in [-0.39, 0.29) is 4.90 Å². The molecule has 1 fully saturated rings. The van der Waals surface area contributed by atoms with Gasteiger partial charge in [0.15, 0.2) is 0 Å². The summed E-state index contributed by atoms with van der Waals surface area (Å²) in [7, 11) is -3.51. The molecular weight excluding hydrogens is 322 g/mol. The van der Waals surface area contributed by atoms with Crippen LogP contribution < -0.4 is 10.5 Å². The predicted octanol–water partition coefficient (Wildman–Crippen LogP) is 1.60. The fourth-order valence-electron chi connectivity index (χ4n) is 2.74. The van der Waals surface area contributed by atoms with E-state index in [4.69, 9.17) is 17.3 Å². The van der Waals surface area contributed by atoms with Crippen LogP contribution in [-0.2, 0) is 10.0 Å². The first-order valence-electron chi connectivity index (χ1n) is 7.61. The molecule has 0 spiro atoms. The molecule has 7 heteroatoms. The molecule has 1 aliphatic rings. The molecule has 0 aliphatic carbocycles. The number of sulfonamides is 1. The van der Waals surface area contributed by atoms with E-state index < -0.39 is 10.0 Å². The van der Waals surface area contributed by atoms with E-state index in [2.05, 4.69) is 9.62 Å². The first-order chi connectivity index (χ1) is 10.4. The van der Waals surface area contributed by atoms with Gasteiger partial charge in [0.25, 0.3) is 0 Å². The van der Waals surface area contributed by atoms with Gasteiger partial charge in [-0.1, -0.05) is 17.7 Å². The summed E-state index contributed by atoms with van der Waals surface area (Å²) in [5.41, 5.74) is 6.26. The molecule has 1 aliphatic heterocycles. The van der Waals surface area contributed by atoms with Crippen LogP contribution >= 0.6 is 11.6 Å². The van der Waals surface area contributed by atoms with E-state index in [0.717, 1.165) is 39.0 Å². The molecule has 5 nitrogen and oxygen atoms in total. The maximum atomic E-state index is 12.3. The summed E-state index contributed by atoms with van der Waals surface area (Å²) in [5, 5.41) is 0.465. The van der Waals surface area contributed by atoms with E-state index >= 15 is 0 Å². The lowest BCUT2D eigenvalue weighted by Gasteiger charge is -2.31. The fraction of sp³-hybridized carbons (Fsp3) is 0.600. The Balaban J connectivity index is 1.87. The van der Waals surface area contributed by atoms with Crippen LogP contribution in [0.3, 0.4) is 0 Å². The Bertz CT molecular complexity index is 599. The summed E-state index contributed by atoms with van der Waals surface area (Å²) >= 11 is 5.99. The van der Waals surface area contributed by atoms with E-state index in [1.54, 1.807) is 25.1 Å². The van der Waals surface area contributed by atoms with Crippen molar-refractivity contribution in [3.63, 3.8) is 0 Å². The molecule has 3 N–H and O–H groups in total. The summed E-state index contributed by atoms with van der Waals surface area (Å²) in [5.74, 6) is 0.613. The maximum absolute atomic E-state index is 12.3. The third-order valence-corrected chi connectivity index (χ3v) is 6.28. The summed E-state index contributed by atoms with van der Waals surface area (Å²) < 4.78 is 27.3. The summed E-state index contributed by atoms with van der Waals surface area (Å²) in [6.07, 6.45) is 2.19. The van der Waals surface area contributed by atoms with Gasteiger partial charge in [0.05, 0.1) is 4.90 Å². The van der Waals surface area contributed by atoms with Crippen molar-refractivity contribution in [2.45, 2.75) is 24.7 Å². The molecule has 0 bridgehead atoms. The standard InChI is InChI=1S/C15H24ClN3O2S/c1-12-14(16)3-2-4-15(12)22(20,21)18-7-10-19-8-5-13(11-17)6-9-19/h2-4,13,18H,5-11,17H2,1H3. The van der Waals surface area contributed by atoms with Gasteiger partial charge in [0.1, 0.15) is 0 Å². The average Bonchev–Trinajstić information content (AvgIpc) is 2.50. The summed E-state index contributed by atoms with van der Waals surface area (Å²) in [6, 6.07) is 4.93. The zero-order valence-corrected chi connectivity index (χ0v) is 14.5. The second kappa shape index (κ2) is 7.75. The van der Waals surface area contributed by atoms with Crippen molar-refractivity contribution in [3.8, 4) is 0 Å². The van der Waals surface area contributed by atoms with Gasteiger partial charge in [-0.15, -0.1) is 0 Å². The number of piperidine rings is 1. The highest BCUT2D eigenvalue weighted by Gasteiger charge is 2.20. The smallest absolute Gasteiger partial charge is 0.240 e. The lowest BCUT2D eigenvalue weighted by molar-refractivity contribution is 0.190. The van der Waals surface area contributed by atoms with Gasteiger partial charge in [0, 0.05) is 18.1 Å². The normalized spacial score (nSPS) is 17.8. The molecule has 1 aromatic rings. The van der Waals surface area contributed by atoms with Gasteiger partial charge in [-0.05, 0) is 63.0 Å². The number of likely N-dealkylation sites (tertiary alicyclic amines) is 1. The van der Waals surface area contributed by atoms with Gasteiger partial charge < -0.3 is 10.6 Å². The molecule has 0 radical (unpaired) electrons. The van der Waals surface area contributed by atoms with Crippen molar-refractivity contribution in [1.29, 1.82) is 0 Å². The number of benzene rings is 1. The van der Waals surface area contributed by atoms with Crippen LogP contribution in [-0.4, -0.2) is 46.0 Å². The van der Waals surface area contributed by atoms with Gasteiger partial charge in [-0.25, -0.2) is 13.1 Å². The predicted molar refractivity (Wildman–Crippen MR) is 89.6 cm³/mol. The molecule has 1 heterocycles. The minimum absolute atomic E-state index is 0.252. The van der Waals surface area contributed by atoms with Crippen LogP contribution in [0.15, 0.2) is 23.1 Å². The molecule has 1 saturated heterocycles. The second-order valence-corrected chi connectivity index (χ2v) is 7.92. The largest absolute Gasteiger partial charge is 0.330 e. The molecule has 0 aromatic heterocycles. The van der Waals surface area contributed by atoms with Crippen LogP contribution in [0.4, 0.5) is 0 Å². The number of halogens is 1. The van der Waals surface area contributed by atoms with E-state index in [1.165, 1.54) is 0 Å². The van der Waals surface area contributed by atoms with E-state index in [0.29, 0.717) is 23.0 Å². The molecule has 0 amide bonds. The number of rotatable bonds is 6. The number of hydrogen-bond acceptors (Lipinski definition) is 4. The highest BCUT2D eigenvalue weighted by atomic mass is 35.5. The fourth-order valence-corrected chi connectivity index (χ4v) is 4.26. The van der Waals surface area contributed by atoms with Gasteiger partial charge in [-0.2, -0.15) is 0 Å². The van der Waals surface area contributed by atoms with Gasteiger partial charge >= 0.3 is 0 Å². The Morgan fingerprint density at radius 3 is 2.68 bits per heavy atom. The Hall–Kier alpha value is -0.660. The van der Waals surface area contributed by atoms with Crippen molar-refractivity contribution in [3.05, 3.63) is 28.8 Å². The molecule has 22 heavy (non-hydrogen) atoms. The molecular formula is C15H24ClN3O2S. The van der Waals surface area contributed by atoms with E-state index in [9.17, 15) is 8.42 Å². The third-order valence-electron chi connectivity index (χ3n) is 4.27. The number of hydrogen-bond donors (Lipinski definition) is 2. The van der Waals surface area contributed by atoms with Crippen LogP contribution in [0.5, 0.6) is 0 Å². The Labute approximate surface area is 137 Å². The average molecular weight is 346 g/mol. The lowest BCUT2D eigenvalue weighted by atomic mass is 9.97. The Morgan fingerprint density at radius 1 is 1.36 bits per heavy atom. The Morgan fingerprint density at radius 2 is 2.05 bits per heavy atom. The van der Waals surface area contributed by atoms with Crippen molar-refractivity contribution >= 4 is 21.6 Å². The van der Waals surface area contributed by atoms with E-state index in [1.807, 2.05) is 0 Å². The van der Waals surface area contributed by atoms with Gasteiger partial charge in [0.2, 0.25) is 10.0 Å². The summed E-state index contributed by atoms with van der Waals surface area (Å²) in [4.78, 5) is 2.53. The molecule has 1 aromatic carbocycles. The zero-order valence-electron chi connectivity index (χ0n) is 12.9. The minimum atomic E-state index is -3.51. The minimum Gasteiger partial charge on any atom is -0.330 e. The number of nitrogens with two attached hydrogens (primary N) is 1. The lowest BCUT2D eigenvalue weighted by Crippen LogP contribution is -2.40. The third kappa shape index (κ3) is 4.43. The number of nitrogens with zero attached hydrogens (tertiary/aromatic N) is 1. The highest BCUT2D eigenvalue weighted by molar-refractivity contribution is 7.89. The van der Waals surface area contributed by atoms with Crippen LogP contribution in [0.1, 0.15) is 18.4 Å². The quantitative estimate of drug-likeness (QED) is 0.821. The molecule has 0 atom stereocenters. The van der Waals surface area contributed by atoms with Crippen LogP contribution in [0.2, 0.25) is 5.02 Å². The summed E-state index contributed by atoms with van der Waals surface area (Å²) in [6.45, 7) is 5.56. The SMILES string of the molecule is Cc1c(Cl)cccc1S(=O)(=O)NCCN1CCC(CN)CC1. The second-order valence-electron chi connectivity index (χ2n) is 5.78. The van der Waals surface area contributed by atoms with Crippen LogP contribution in [0.25, 0.3) is 0 Å². The van der Waals surface area contributed by atoms with Crippen molar-refractivity contribution in [2.24, 2.45) is 11.7 Å². The Kier molecular flexibility index (Phi) is 6.23. The highest BCUT2D eigenvalue weighted by Crippen LogP contribution is 2.22. The van der Waals surface area contributed by atoms with Crippen LogP contribution in [0, 0.1) is 12.8 Å². The van der Waals surface area contributed by atoms with Gasteiger partial charge in [-0.3, -0.25) is 0 Å². The zero-order chi connectivity index (χ0) is 16.2. The van der Waals surface area contributed by atoms with Crippen molar-refractivity contribution < 1.29 is 8.42 Å². The van der Waals surface area contributed by atoms with Crippen molar-refractivity contribution in [1.82, 2.24) is 9.62 Å². The molecule has 0 unspecified atom stereocenters. The molecule has 2 rings (SSSR count). The molecule has 124 valence electrons.